The van der Waals surface area contributed by atoms with Gasteiger partial charge in [0.05, 0.1) is 16.5 Å². The van der Waals surface area contributed by atoms with E-state index in [0.717, 1.165) is 0 Å². The Hall–Kier alpha value is -1.91. The third-order valence-electron chi connectivity index (χ3n) is 2.69. The number of benzene rings is 1. The minimum Gasteiger partial charge on any atom is -0.354 e. The van der Waals surface area contributed by atoms with Crippen LogP contribution in [-0.4, -0.2) is 26.9 Å². The molecule has 0 aliphatic rings. The Kier molecular flexibility index (Phi) is 5.88. The maximum Gasteiger partial charge on any atom is 0.240 e. The number of rotatable bonds is 6. The van der Waals surface area contributed by atoms with Crippen molar-refractivity contribution in [2.75, 3.05) is 6.54 Å². The summed E-state index contributed by atoms with van der Waals surface area (Å²) in [7, 11) is -3.68. The largest absolute Gasteiger partial charge is 0.354 e. The van der Waals surface area contributed by atoms with E-state index in [1.165, 1.54) is 18.2 Å². The van der Waals surface area contributed by atoms with Crippen molar-refractivity contribution in [1.29, 1.82) is 5.26 Å². The van der Waals surface area contributed by atoms with Gasteiger partial charge in [-0.1, -0.05) is 0 Å². The fourth-order valence-corrected chi connectivity index (χ4v) is 3.05. The molecule has 114 valence electrons. The Labute approximate surface area is 125 Å². The molecule has 2 N–H and O–H groups in total. The minimum absolute atomic E-state index is 0.0230. The summed E-state index contributed by atoms with van der Waals surface area (Å²) >= 11 is 0. The van der Waals surface area contributed by atoms with Crippen LogP contribution in [0.4, 0.5) is 0 Å². The fraction of sp³-hybridized carbons (Fsp3) is 0.429. The molecule has 0 aliphatic carbocycles. The number of nitriles is 1. The van der Waals surface area contributed by atoms with E-state index in [0.29, 0.717) is 11.1 Å². The Morgan fingerprint density at radius 2 is 2.05 bits per heavy atom. The minimum atomic E-state index is -3.68. The van der Waals surface area contributed by atoms with Crippen molar-refractivity contribution in [3.8, 4) is 6.07 Å². The Morgan fingerprint density at radius 1 is 1.38 bits per heavy atom. The third kappa shape index (κ3) is 5.17. The molecule has 21 heavy (non-hydrogen) atoms. The highest BCUT2D eigenvalue weighted by Crippen LogP contribution is 2.16. The van der Waals surface area contributed by atoms with Crippen molar-refractivity contribution in [1.82, 2.24) is 10.0 Å². The summed E-state index contributed by atoms with van der Waals surface area (Å²) in [5.41, 5.74) is 0.899. The second-order valence-corrected chi connectivity index (χ2v) is 6.70. The van der Waals surface area contributed by atoms with Crippen LogP contribution in [0.25, 0.3) is 0 Å². The predicted molar refractivity (Wildman–Crippen MR) is 79.0 cm³/mol. The first kappa shape index (κ1) is 17.1. The zero-order valence-corrected chi connectivity index (χ0v) is 13.1. The van der Waals surface area contributed by atoms with Crippen LogP contribution in [0, 0.1) is 18.3 Å². The molecule has 0 saturated carbocycles. The Bertz CT molecular complexity index is 661. The quantitative estimate of drug-likeness (QED) is 0.820. The smallest absolute Gasteiger partial charge is 0.240 e. The van der Waals surface area contributed by atoms with Gasteiger partial charge in [-0.15, -0.1) is 0 Å². The predicted octanol–water partition coefficient (Wildman–Crippen LogP) is 1.06. The molecule has 1 amide bonds. The Balaban J connectivity index is 2.71. The molecule has 0 spiro atoms. The molecule has 0 aliphatic heterocycles. The van der Waals surface area contributed by atoms with Crippen LogP contribution in [-0.2, 0) is 14.8 Å². The van der Waals surface area contributed by atoms with Gasteiger partial charge in [-0.3, -0.25) is 4.79 Å². The number of carbonyl (C=O) groups is 1. The van der Waals surface area contributed by atoms with Gasteiger partial charge in [0.1, 0.15) is 0 Å². The highest BCUT2D eigenvalue weighted by Gasteiger charge is 2.17. The van der Waals surface area contributed by atoms with Gasteiger partial charge < -0.3 is 5.32 Å². The van der Waals surface area contributed by atoms with Crippen LogP contribution in [0.2, 0.25) is 0 Å². The summed E-state index contributed by atoms with van der Waals surface area (Å²) in [5, 5.41) is 11.5. The van der Waals surface area contributed by atoms with Gasteiger partial charge in [-0.2, -0.15) is 5.26 Å². The standard InChI is InChI=1S/C14H19N3O3S/c1-10(2)17-14(18)6-7-16-21(19,20)13-5-4-12(9-15)8-11(13)3/h4-5,8,10,16H,6-7H2,1-3H3,(H,17,18). The normalized spacial score (nSPS) is 11.2. The van der Waals surface area contributed by atoms with Crippen molar-refractivity contribution in [3.05, 3.63) is 29.3 Å². The number of nitrogens with zero attached hydrogens (tertiary/aromatic N) is 1. The summed E-state index contributed by atoms with van der Waals surface area (Å²) in [6.07, 6.45) is 0.0761. The molecule has 0 radical (unpaired) electrons. The zero-order valence-electron chi connectivity index (χ0n) is 12.3. The third-order valence-corrected chi connectivity index (χ3v) is 4.31. The van der Waals surface area contributed by atoms with Gasteiger partial charge in [0.15, 0.2) is 0 Å². The molecule has 0 aromatic heterocycles. The molecular weight excluding hydrogens is 290 g/mol. The Morgan fingerprint density at radius 3 is 2.57 bits per heavy atom. The summed E-state index contributed by atoms with van der Waals surface area (Å²) in [4.78, 5) is 11.6. The van der Waals surface area contributed by atoms with Crippen molar-refractivity contribution in [2.45, 2.75) is 38.1 Å². The van der Waals surface area contributed by atoms with Gasteiger partial charge in [0.2, 0.25) is 15.9 Å². The molecule has 0 saturated heterocycles. The van der Waals surface area contributed by atoms with Gasteiger partial charge in [-0.05, 0) is 44.5 Å². The average Bonchev–Trinajstić information content (AvgIpc) is 2.36. The van der Waals surface area contributed by atoms with E-state index in [-0.39, 0.29) is 29.8 Å². The first-order chi connectivity index (χ1) is 9.76. The second kappa shape index (κ2) is 7.20. The van der Waals surface area contributed by atoms with Gasteiger partial charge >= 0.3 is 0 Å². The molecule has 1 aromatic rings. The lowest BCUT2D eigenvalue weighted by molar-refractivity contribution is -0.121. The average molecular weight is 309 g/mol. The summed E-state index contributed by atoms with van der Waals surface area (Å²) in [6.45, 7) is 5.32. The lowest BCUT2D eigenvalue weighted by Crippen LogP contribution is -2.34. The highest BCUT2D eigenvalue weighted by molar-refractivity contribution is 7.89. The summed E-state index contributed by atoms with van der Waals surface area (Å²) in [5.74, 6) is -0.204. The summed E-state index contributed by atoms with van der Waals surface area (Å²) in [6, 6.07) is 6.34. The zero-order chi connectivity index (χ0) is 16.0. The van der Waals surface area contributed by atoms with Crippen LogP contribution in [0.15, 0.2) is 23.1 Å². The molecule has 1 aromatic carbocycles. The van der Waals surface area contributed by atoms with E-state index in [1.54, 1.807) is 6.92 Å². The molecule has 1 rings (SSSR count). The molecule has 7 heteroatoms. The number of hydrogen-bond donors (Lipinski definition) is 2. The fourth-order valence-electron chi connectivity index (χ4n) is 1.79. The molecule has 0 fully saturated rings. The number of sulfonamides is 1. The van der Waals surface area contributed by atoms with Gasteiger partial charge in [-0.25, -0.2) is 13.1 Å². The summed E-state index contributed by atoms with van der Waals surface area (Å²) < 4.78 is 26.6. The lowest BCUT2D eigenvalue weighted by atomic mass is 10.2. The van der Waals surface area contributed by atoms with Crippen molar-refractivity contribution < 1.29 is 13.2 Å². The topological polar surface area (TPSA) is 99.1 Å². The van der Waals surface area contributed by atoms with Crippen LogP contribution in [0.5, 0.6) is 0 Å². The monoisotopic (exact) mass is 309 g/mol. The van der Waals surface area contributed by atoms with E-state index in [9.17, 15) is 13.2 Å². The maximum absolute atomic E-state index is 12.1. The molecular formula is C14H19N3O3S. The molecule has 6 nitrogen and oxygen atoms in total. The van der Waals surface area contributed by atoms with Crippen molar-refractivity contribution in [2.24, 2.45) is 0 Å². The van der Waals surface area contributed by atoms with Crippen molar-refractivity contribution in [3.63, 3.8) is 0 Å². The van der Waals surface area contributed by atoms with E-state index in [4.69, 9.17) is 5.26 Å². The number of aryl methyl sites for hydroxylation is 1. The first-order valence-corrected chi connectivity index (χ1v) is 8.04. The number of nitrogens with one attached hydrogen (secondary N) is 2. The highest BCUT2D eigenvalue weighted by atomic mass is 32.2. The number of amides is 1. The first-order valence-electron chi connectivity index (χ1n) is 6.56. The lowest BCUT2D eigenvalue weighted by Gasteiger charge is -2.11. The SMILES string of the molecule is Cc1cc(C#N)ccc1S(=O)(=O)NCCC(=O)NC(C)C. The van der Waals surface area contributed by atoms with Gasteiger partial charge in [0.25, 0.3) is 0 Å². The van der Waals surface area contributed by atoms with E-state index >= 15 is 0 Å². The molecule has 0 heterocycles. The molecule has 0 atom stereocenters. The van der Waals surface area contributed by atoms with Crippen molar-refractivity contribution >= 4 is 15.9 Å². The van der Waals surface area contributed by atoms with E-state index < -0.39 is 10.0 Å². The van der Waals surface area contributed by atoms with Crippen LogP contribution in [0.3, 0.4) is 0 Å². The maximum atomic E-state index is 12.1. The van der Waals surface area contributed by atoms with Crippen LogP contribution < -0.4 is 10.0 Å². The van der Waals surface area contributed by atoms with Crippen LogP contribution in [0.1, 0.15) is 31.4 Å². The van der Waals surface area contributed by atoms with E-state index in [1.807, 2.05) is 19.9 Å². The van der Waals surface area contributed by atoms with Gasteiger partial charge in [0, 0.05) is 19.0 Å². The van der Waals surface area contributed by atoms with Crippen LogP contribution >= 0.6 is 0 Å². The van der Waals surface area contributed by atoms with E-state index in [2.05, 4.69) is 10.0 Å². The second-order valence-electron chi connectivity index (χ2n) is 4.96. The number of carbonyl (C=O) groups excluding carboxylic acids is 1. The molecule has 0 unspecified atom stereocenters. The number of hydrogen-bond acceptors (Lipinski definition) is 4. The molecule has 0 bridgehead atoms.